The van der Waals surface area contributed by atoms with Crippen molar-refractivity contribution in [2.45, 2.75) is 25.7 Å². The van der Waals surface area contributed by atoms with Crippen LogP contribution < -0.4 is 5.73 Å². The Hall–Kier alpha value is -6.25. The Kier molecular flexibility index (Phi) is 7.40. The predicted molar refractivity (Wildman–Crippen MR) is 217 cm³/mol. The molecule has 0 radical (unpaired) electrons. The van der Waals surface area contributed by atoms with E-state index in [1.807, 2.05) is 0 Å². The van der Waals surface area contributed by atoms with Gasteiger partial charge in [-0.1, -0.05) is 178 Å². The minimum atomic E-state index is -0.109. The van der Waals surface area contributed by atoms with E-state index in [0.717, 1.165) is 39.4 Å². The fraction of sp³-hybridized carbons (Fsp3) is 0.0816. The highest BCUT2D eigenvalue weighted by atomic mass is 14.9. The lowest BCUT2D eigenvalue weighted by molar-refractivity contribution is 0.661. The van der Waals surface area contributed by atoms with Gasteiger partial charge in [0.1, 0.15) is 5.84 Å². The van der Waals surface area contributed by atoms with E-state index < -0.39 is 0 Å². The highest BCUT2D eigenvalue weighted by Crippen LogP contribution is 2.52. The van der Waals surface area contributed by atoms with Gasteiger partial charge in [0.15, 0.2) is 0 Å². The molecule has 2 heteroatoms. The molecule has 1 aliphatic rings. The lowest BCUT2D eigenvalue weighted by atomic mass is 9.81. The first-order valence-electron chi connectivity index (χ1n) is 17.7. The summed E-state index contributed by atoms with van der Waals surface area (Å²) in [5.41, 5.74) is 18.8. The predicted octanol–water partition coefficient (Wildman–Crippen LogP) is 12.1. The van der Waals surface area contributed by atoms with E-state index in [0.29, 0.717) is 5.84 Å². The Morgan fingerprint density at radius 2 is 1.20 bits per heavy atom. The van der Waals surface area contributed by atoms with Crippen LogP contribution in [0.3, 0.4) is 0 Å². The van der Waals surface area contributed by atoms with E-state index >= 15 is 0 Å². The molecule has 9 rings (SSSR count). The maximum atomic E-state index is 6.89. The number of fused-ring (bicyclic) bond motifs is 7. The molecule has 51 heavy (non-hydrogen) atoms. The van der Waals surface area contributed by atoms with Crippen molar-refractivity contribution in [3.63, 3.8) is 0 Å². The van der Waals surface area contributed by atoms with Crippen LogP contribution in [0.2, 0.25) is 0 Å². The first kappa shape index (κ1) is 30.8. The van der Waals surface area contributed by atoms with Crippen LogP contribution in [-0.4, -0.2) is 5.84 Å². The summed E-state index contributed by atoms with van der Waals surface area (Å²) < 4.78 is 0. The molecule has 0 heterocycles. The molecule has 0 unspecified atom stereocenters. The second kappa shape index (κ2) is 12.3. The summed E-state index contributed by atoms with van der Waals surface area (Å²) in [7, 11) is 0. The van der Waals surface area contributed by atoms with Gasteiger partial charge in [0, 0.05) is 16.5 Å². The lowest BCUT2D eigenvalue weighted by Gasteiger charge is -2.22. The van der Waals surface area contributed by atoms with Crippen LogP contribution in [0.5, 0.6) is 0 Å². The average Bonchev–Trinajstić information content (AvgIpc) is 3.41. The summed E-state index contributed by atoms with van der Waals surface area (Å²) >= 11 is 0. The smallest absolute Gasteiger partial charge is 0.131 e. The van der Waals surface area contributed by atoms with Crippen molar-refractivity contribution < 1.29 is 0 Å². The van der Waals surface area contributed by atoms with Gasteiger partial charge in [-0.2, -0.15) is 0 Å². The maximum absolute atomic E-state index is 6.89. The molecule has 0 aliphatic heterocycles. The molecule has 0 atom stereocenters. The van der Waals surface area contributed by atoms with E-state index in [4.69, 9.17) is 10.7 Å². The van der Waals surface area contributed by atoms with Gasteiger partial charge in [0.25, 0.3) is 0 Å². The monoisotopic (exact) mass is 654 g/mol. The van der Waals surface area contributed by atoms with Crippen molar-refractivity contribution >= 4 is 43.9 Å². The molecular formula is C49H38N2. The van der Waals surface area contributed by atoms with Crippen molar-refractivity contribution in [2.24, 2.45) is 10.7 Å². The van der Waals surface area contributed by atoms with Crippen molar-refractivity contribution in [3.8, 4) is 22.3 Å². The third-order valence-corrected chi connectivity index (χ3v) is 10.8. The largest absolute Gasteiger partial charge is 0.383 e. The van der Waals surface area contributed by atoms with Crippen molar-refractivity contribution in [2.75, 3.05) is 0 Å². The van der Waals surface area contributed by atoms with E-state index in [9.17, 15) is 0 Å². The van der Waals surface area contributed by atoms with E-state index in [-0.39, 0.29) is 5.41 Å². The molecule has 0 saturated carbocycles. The van der Waals surface area contributed by atoms with Crippen LogP contribution in [0.25, 0.3) is 60.3 Å². The first-order chi connectivity index (χ1) is 25.0. The molecule has 2 nitrogen and oxygen atoms in total. The Morgan fingerprint density at radius 1 is 0.549 bits per heavy atom. The zero-order valence-corrected chi connectivity index (χ0v) is 28.9. The van der Waals surface area contributed by atoms with E-state index in [1.54, 1.807) is 0 Å². The zero-order chi connectivity index (χ0) is 34.5. The van der Waals surface area contributed by atoms with Crippen LogP contribution in [0.1, 0.15) is 41.7 Å². The van der Waals surface area contributed by atoms with Gasteiger partial charge in [-0.25, -0.2) is 4.99 Å². The zero-order valence-electron chi connectivity index (χ0n) is 28.9. The highest BCUT2D eigenvalue weighted by molar-refractivity contribution is 6.12. The minimum Gasteiger partial charge on any atom is -0.383 e. The highest BCUT2D eigenvalue weighted by Gasteiger charge is 2.36. The summed E-state index contributed by atoms with van der Waals surface area (Å²) in [6, 6.07) is 58.7. The average molecular weight is 655 g/mol. The van der Waals surface area contributed by atoms with Crippen molar-refractivity contribution in [3.05, 3.63) is 198 Å². The molecule has 0 aromatic heterocycles. The Labute approximate surface area is 299 Å². The summed E-state index contributed by atoms with van der Waals surface area (Å²) in [4.78, 5) is 5.20. The lowest BCUT2D eigenvalue weighted by Crippen LogP contribution is -2.15. The molecule has 2 N–H and O–H groups in total. The Balaban J connectivity index is 1.19. The van der Waals surface area contributed by atoms with Gasteiger partial charge in [-0.05, 0) is 83.7 Å². The molecule has 1 aliphatic carbocycles. The first-order valence-corrected chi connectivity index (χ1v) is 17.7. The molecule has 8 aromatic carbocycles. The molecule has 0 saturated heterocycles. The minimum absolute atomic E-state index is 0.109. The number of allylic oxidation sites excluding steroid dienone is 1. The number of aliphatic imine (C=N–C) groups is 1. The van der Waals surface area contributed by atoms with Crippen molar-refractivity contribution in [1.82, 2.24) is 0 Å². The number of rotatable bonds is 6. The quantitative estimate of drug-likeness (QED) is 0.141. The number of benzene rings is 8. The normalized spacial score (nSPS) is 13.8. The molecule has 244 valence electrons. The van der Waals surface area contributed by atoms with Crippen LogP contribution in [-0.2, 0) is 11.8 Å². The van der Waals surface area contributed by atoms with Crippen LogP contribution in [0, 0.1) is 0 Å². The number of hydrogen-bond donors (Lipinski definition) is 1. The van der Waals surface area contributed by atoms with Gasteiger partial charge in [-0.3, -0.25) is 0 Å². The van der Waals surface area contributed by atoms with Gasteiger partial charge in [0.05, 0.1) is 5.70 Å². The number of amidine groups is 1. The summed E-state index contributed by atoms with van der Waals surface area (Å²) in [5, 5.41) is 7.19. The van der Waals surface area contributed by atoms with E-state index in [2.05, 4.69) is 184 Å². The molecule has 0 spiro atoms. The van der Waals surface area contributed by atoms with Crippen LogP contribution in [0.15, 0.2) is 175 Å². The van der Waals surface area contributed by atoms with Gasteiger partial charge in [0.2, 0.25) is 0 Å². The fourth-order valence-corrected chi connectivity index (χ4v) is 8.13. The Bertz CT molecular complexity index is 2690. The molecule has 0 fully saturated rings. The summed E-state index contributed by atoms with van der Waals surface area (Å²) in [6.07, 6.45) is 2.96. The SMILES string of the molecule is CC1(C)c2cc(-c3ccc(/C(=C/Cc4ccccc4)N=C(N)c4cccc5ccccc45)c4ccccc34)ccc2-c2c1ccc1ccccc21. The number of nitrogens with zero attached hydrogens (tertiary/aromatic N) is 1. The van der Waals surface area contributed by atoms with Gasteiger partial charge < -0.3 is 5.73 Å². The van der Waals surface area contributed by atoms with Gasteiger partial charge >= 0.3 is 0 Å². The Morgan fingerprint density at radius 3 is 2.00 bits per heavy atom. The topological polar surface area (TPSA) is 38.4 Å². The van der Waals surface area contributed by atoms with E-state index in [1.165, 1.54) is 55.1 Å². The second-order valence-electron chi connectivity index (χ2n) is 14.1. The molecule has 8 aromatic rings. The van der Waals surface area contributed by atoms with Crippen LogP contribution >= 0.6 is 0 Å². The third kappa shape index (κ3) is 5.23. The number of nitrogens with two attached hydrogens (primary N) is 1. The molecular weight excluding hydrogens is 617 g/mol. The summed E-state index contributed by atoms with van der Waals surface area (Å²) in [6.45, 7) is 4.72. The molecule has 0 amide bonds. The number of hydrogen-bond acceptors (Lipinski definition) is 1. The maximum Gasteiger partial charge on any atom is 0.131 e. The second-order valence-corrected chi connectivity index (χ2v) is 14.1. The molecule has 0 bridgehead atoms. The van der Waals surface area contributed by atoms with Crippen molar-refractivity contribution in [1.29, 1.82) is 0 Å². The van der Waals surface area contributed by atoms with Gasteiger partial charge in [-0.15, -0.1) is 0 Å². The van der Waals surface area contributed by atoms with Crippen LogP contribution in [0.4, 0.5) is 0 Å². The standard InChI is InChI=1S/C49H38N2/c1-49(2)44-29-25-34-16-7-9-19-38(34)47(44)43-26-24-35(31-45(43)49)37-27-28-41(40-21-11-10-20-39(37)40)46(30-23-32-13-4-3-5-14-32)51-48(50)42-22-12-17-33-15-6-8-18-36(33)42/h3-22,24-31H,23H2,1-2H3,(H2,50,51)/b46-30-. The fourth-order valence-electron chi connectivity index (χ4n) is 8.13. The summed E-state index contributed by atoms with van der Waals surface area (Å²) in [5.74, 6) is 0.507. The third-order valence-electron chi connectivity index (χ3n) is 10.8.